The minimum Gasteiger partial charge on any atom is -0.324 e. The van der Waals surface area contributed by atoms with E-state index in [0.717, 1.165) is 17.0 Å². The van der Waals surface area contributed by atoms with Crippen LogP contribution in [0, 0.1) is 0 Å². The molecule has 3 aromatic carbocycles. The lowest BCUT2D eigenvalue weighted by Gasteiger charge is -2.25. The lowest BCUT2D eigenvalue weighted by molar-refractivity contribution is -0.137. The number of hydrogen-bond donors (Lipinski definition) is 1. The summed E-state index contributed by atoms with van der Waals surface area (Å²) in [7, 11) is -4.32. The maximum atomic E-state index is 13.2. The highest BCUT2D eigenvalue weighted by Gasteiger charge is 2.33. The average Bonchev–Trinajstić information content (AvgIpc) is 2.77. The van der Waals surface area contributed by atoms with Crippen molar-refractivity contribution >= 4 is 39.1 Å². The van der Waals surface area contributed by atoms with Crippen molar-refractivity contribution in [2.45, 2.75) is 16.0 Å². The number of thioether (sulfide) groups is 1. The zero-order chi connectivity index (χ0) is 23.4. The molecule has 10 heteroatoms. The van der Waals surface area contributed by atoms with Crippen molar-refractivity contribution in [2.24, 2.45) is 0 Å². The number of sulfonamides is 1. The number of halogens is 3. The van der Waals surface area contributed by atoms with Gasteiger partial charge in [-0.2, -0.15) is 13.2 Å². The number of carbonyl (C=O) groups is 1. The Bertz CT molecular complexity index is 1200. The maximum Gasteiger partial charge on any atom is 0.416 e. The summed E-state index contributed by atoms with van der Waals surface area (Å²) in [6, 6.07) is 18.0. The predicted octanol–water partition coefficient (Wildman–Crippen LogP) is 5.26. The molecule has 0 bridgehead atoms. The Morgan fingerprint density at radius 3 is 2.31 bits per heavy atom. The van der Waals surface area contributed by atoms with Crippen LogP contribution in [0.25, 0.3) is 0 Å². The van der Waals surface area contributed by atoms with E-state index < -0.39 is 34.2 Å². The molecule has 1 N–H and O–H groups in total. The number of nitrogens with zero attached hydrogens (tertiary/aromatic N) is 1. The summed E-state index contributed by atoms with van der Waals surface area (Å²) in [6.45, 7) is -0.706. The predicted molar refractivity (Wildman–Crippen MR) is 119 cm³/mol. The summed E-state index contributed by atoms with van der Waals surface area (Å²) in [6.07, 6.45) is -2.80. The van der Waals surface area contributed by atoms with E-state index in [2.05, 4.69) is 5.32 Å². The molecule has 3 aromatic rings. The van der Waals surface area contributed by atoms with Crippen molar-refractivity contribution in [3.8, 4) is 0 Å². The SMILES string of the molecule is CSc1cccc(NC(=O)CN(c2cccc(C(F)(F)F)c2)S(=O)(=O)c2ccccc2)c1. The first-order chi connectivity index (χ1) is 15.1. The highest BCUT2D eigenvalue weighted by atomic mass is 32.2. The molecule has 0 aliphatic heterocycles. The van der Waals surface area contributed by atoms with Crippen molar-refractivity contribution in [1.29, 1.82) is 0 Å². The van der Waals surface area contributed by atoms with Crippen LogP contribution in [-0.2, 0) is 21.0 Å². The summed E-state index contributed by atoms with van der Waals surface area (Å²) in [4.78, 5) is 13.4. The molecule has 3 rings (SSSR count). The largest absolute Gasteiger partial charge is 0.416 e. The van der Waals surface area contributed by atoms with Gasteiger partial charge in [-0.3, -0.25) is 9.10 Å². The monoisotopic (exact) mass is 480 g/mol. The van der Waals surface area contributed by atoms with Gasteiger partial charge in [0.1, 0.15) is 6.54 Å². The Morgan fingerprint density at radius 2 is 1.66 bits per heavy atom. The third-order valence-electron chi connectivity index (χ3n) is 4.43. The molecule has 0 heterocycles. The van der Waals surface area contributed by atoms with Crippen LogP contribution in [0.5, 0.6) is 0 Å². The zero-order valence-corrected chi connectivity index (χ0v) is 18.5. The highest BCUT2D eigenvalue weighted by Crippen LogP contribution is 2.33. The fourth-order valence-corrected chi connectivity index (χ4v) is 4.80. The quantitative estimate of drug-likeness (QED) is 0.469. The molecule has 0 saturated carbocycles. The molecule has 0 atom stereocenters. The fraction of sp³-hybridized carbons (Fsp3) is 0.136. The molecule has 0 saturated heterocycles. The van der Waals surface area contributed by atoms with E-state index in [1.807, 2.05) is 12.3 Å². The van der Waals surface area contributed by atoms with Gasteiger partial charge < -0.3 is 5.32 Å². The standard InChI is InChI=1S/C22H19F3N2O3S2/c1-31-19-10-6-8-17(14-19)26-21(28)15-27(32(29,30)20-11-3-2-4-12-20)18-9-5-7-16(13-18)22(23,24)25/h2-14H,15H2,1H3,(H,26,28). The molecule has 0 unspecified atom stereocenters. The molecular formula is C22H19F3N2O3S2. The van der Waals surface area contributed by atoms with Crippen LogP contribution in [0.3, 0.4) is 0 Å². The highest BCUT2D eigenvalue weighted by molar-refractivity contribution is 7.98. The van der Waals surface area contributed by atoms with Crippen LogP contribution in [0.15, 0.2) is 88.7 Å². The lowest BCUT2D eigenvalue weighted by atomic mass is 10.2. The summed E-state index contributed by atoms with van der Waals surface area (Å²) >= 11 is 1.46. The second-order valence-corrected chi connectivity index (χ2v) is 9.39. The summed E-state index contributed by atoms with van der Waals surface area (Å²) < 4.78 is 66.8. The molecule has 0 aromatic heterocycles. The van der Waals surface area contributed by atoms with Gasteiger partial charge in [-0.1, -0.05) is 30.3 Å². The molecule has 32 heavy (non-hydrogen) atoms. The van der Waals surface area contributed by atoms with Crippen LogP contribution >= 0.6 is 11.8 Å². The minimum absolute atomic E-state index is 0.144. The van der Waals surface area contributed by atoms with Crippen molar-refractivity contribution in [3.05, 3.63) is 84.4 Å². The normalized spacial score (nSPS) is 11.8. The van der Waals surface area contributed by atoms with E-state index >= 15 is 0 Å². The molecular weight excluding hydrogens is 461 g/mol. The number of amides is 1. The van der Waals surface area contributed by atoms with Gasteiger partial charge in [-0.15, -0.1) is 11.8 Å². The summed E-state index contributed by atoms with van der Waals surface area (Å²) in [5.74, 6) is -0.694. The summed E-state index contributed by atoms with van der Waals surface area (Å²) in [5.41, 5.74) is -0.837. The van der Waals surface area contributed by atoms with Gasteiger partial charge in [0.25, 0.3) is 10.0 Å². The molecule has 0 spiro atoms. The van der Waals surface area contributed by atoms with E-state index in [4.69, 9.17) is 0 Å². The molecule has 0 fully saturated rings. The number of carbonyl (C=O) groups excluding carboxylic acids is 1. The van der Waals surface area contributed by atoms with Gasteiger partial charge in [0, 0.05) is 10.6 Å². The summed E-state index contributed by atoms with van der Waals surface area (Å²) in [5, 5.41) is 2.60. The number of nitrogens with one attached hydrogen (secondary N) is 1. The number of alkyl halides is 3. The first-order valence-corrected chi connectivity index (χ1v) is 12.0. The first kappa shape index (κ1) is 23.7. The molecule has 168 valence electrons. The molecule has 0 aliphatic carbocycles. The number of hydrogen-bond acceptors (Lipinski definition) is 4. The van der Waals surface area contributed by atoms with E-state index in [9.17, 15) is 26.4 Å². The maximum absolute atomic E-state index is 13.2. The van der Waals surface area contributed by atoms with Crippen molar-refractivity contribution in [2.75, 3.05) is 22.4 Å². The number of rotatable bonds is 7. The Kier molecular flexibility index (Phi) is 7.15. The number of anilines is 2. The fourth-order valence-electron chi connectivity index (χ4n) is 2.90. The van der Waals surface area contributed by atoms with Gasteiger partial charge in [-0.25, -0.2) is 8.42 Å². The first-order valence-electron chi connectivity index (χ1n) is 9.30. The minimum atomic E-state index is -4.67. The Hall–Kier alpha value is -2.98. The van der Waals surface area contributed by atoms with Crippen LogP contribution in [0.4, 0.5) is 24.5 Å². The van der Waals surface area contributed by atoms with E-state index in [1.54, 1.807) is 24.3 Å². The van der Waals surface area contributed by atoms with Gasteiger partial charge in [0.15, 0.2) is 0 Å². The lowest BCUT2D eigenvalue weighted by Crippen LogP contribution is -2.38. The van der Waals surface area contributed by atoms with Crippen LogP contribution in [-0.4, -0.2) is 27.1 Å². The second kappa shape index (κ2) is 9.66. The van der Waals surface area contributed by atoms with Crippen LogP contribution < -0.4 is 9.62 Å². The van der Waals surface area contributed by atoms with Crippen molar-refractivity contribution in [1.82, 2.24) is 0 Å². The van der Waals surface area contributed by atoms with Gasteiger partial charge in [0.2, 0.25) is 5.91 Å². The van der Waals surface area contributed by atoms with Crippen LogP contribution in [0.1, 0.15) is 5.56 Å². The zero-order valence-electron chi connectivity index (χ0n) is 16.8. The Labute approximate surface area is 188 Å². The number of benzene rings is 3. The molecule has 0 aliphatic rings. The van der Waals surface area contributed by atoms with E-state index in [1.165, 1.54) is 42.1 Å². The van der Waals surface area contributed by atoms with Gasteiger partial charge >= 0.3 is 6.18 Å². The molecule has 5 nitrogen and oxygen atoms in total. The Morgan fingerprint density at radius 1 is 0.969 bits per heavy atom. The second-order valence-electron chi connectivity index (χ2n) is 6.65. The van der Waals surface area contributed by atoms with Crippen molar-refractivity contribution in [3.63, 3.8) is 0 Å². The van der Waals surface area contributed by atoms with Crippen LogP contribution in [0.2, 0.25) is 0 Å². The Balaban J connectivity index is 1.98. The van der Waals surface area contributed by atoms with Gasteiger partial charge in [0.05, 0.1) is 16.1 Å². The smallest absolute Gasteiger partial charge is 0.324 e. The average molecular weight is 481 g/mol. The molecule has 1 amide bonds. The third-order valence-corrected chi connectivity index (χ3v) is 6.95. The van der Waals surface area contributed by atoms with E-state index in [-0.39, 0.29) is 10.6 Å². The molecule has 0 radical (unpaired) electrons. The topological polar surface area (TPSA) is 66.5 Å². The van der Waals surface area contributed by atoms with Gasteiger partial charge in [-0.05, 0) is 54.8 Å². The van der Waals surface area contributed by atoms with Crippen molar-refractivity contribution < 1.29 is 26.4 Å². The van der Waals surface area contributed by atoms with E-state index in [0.29, 0.717) is 16.1 Å². The third kappa shape index (κ3) is 5.63.